The summed E-state index contributed by atoms with van der Waals surface area (Å²) in [7, 11) is -3.57. The van der Waals surface area contributed by atoms with Crippen molar-refractivity contribution in [1.82, 2.24) is 9.71 Å². The molecule has 5 nitrogen and oxygen atoms in total. The molecule has 0 aliphatic rings. The van der Waals surface area contributed by atoms with Gasteiger partial charge in [-0.05, 0) is 24.3 Å². The van der Waals surface area contributed by atoms with Crippen LogP contribution in [0.1, 0.15) is 18.9 Å². The first kappa shape index (κ1) is 15.4. The second kappa shape index (κ2) is 7.08. The van der Waals surface area contributed by atoms with Crippen molar-refractivity contribution < 1.29 is 13.5 Å². The number of aliphatic hydroxyl groups excluding tert-OH is 1. The van der Waals surface area contributed by atoms with Gasteiger partial charge in [0.05, 0.1) is 6.61 Å². The summed E-state index contributed by atoms with van der Waals surface area (Å²) in [5, 5.41) is 8.86. The predicted octanol–water partition coefficient (Wildman–Crippen LogP) is 0.994. The van der Waals surface area contributed by atoms with Gasteiger partial charge in [-0.15, -0.1) is 0 Å². The van der Waals surface area contributed by atoms with Gasteiger partial charge < -0.3 is 5.11 Å². The zero-order chi connectivity index (χ0) is 13.6. The molecule has 1 unspecified atom stereocenters. The molecule has 2 N–H and O–H groups in total. The third kappa shape index (κ3) is 4.24. The van der Waals surface area contributed by atoms with E-state index in [9.17, 15) is 8.42 Å². The molecule has 0 aliphatic heterocycles. The fraction of sp³-hybridized carbons (Fsp3) is 0.545. The fourth-order valence-corrected chi connectivity index (χ4v) is 3.45. The standard InChI is InChI=1S/C11H18N2O3S2/c1-3-10(8-17-2)13-18(15,16)11-5-4-9(7-14)6-12-11/h4-6,10,13-14H,3,7-8H2,1-2H3. The van der Waals surface area contributed by atoms with E-state index in [1.165, 1.54) is 12.3 Å². The van der Waals surface area contributed by atoms with Crippen molar-refractivity contribution >= 4 is 21.8 Å². The molecule has 0 aromatic carbocycles. The Hall–Kier alpha value is -0.630. The first-order valence-corrected chi connectivity index (χ1v) is 8.48. The molecule has 18 heavy (non-hydrogen) atoms. The molecule has 0 fully saturated rings. The quantitative estimate of drug-likeness (QED) is 0.783. The molecular formula is C11H18N2O3S2. The van der Waals surface area contributed by atoms with Crippen LogP contribution in [0.2, 0.25) is 0 Å². The molecule has 1 atom stereocenters. The smallest absolute Gasteiger partial charge is 0.258 e. The highest BCUT2D eigenvalue weighted by molar-refractivity contribution is 7.98. The Kier molecular flexibility index (Phi) is 6.07. The van der Waals surface area contributed by atoms with E-state index in [0.717, 1.165) is 12.2 Å². The van der Waals surface area contributed by atoms with Crippen LogP contribution in [0.5, 0.6) is 0 Å². The van der Waals surface area contributed by atoms with Crippen LogP contribution in [-0.2, 0) is 16.6 Å². The Morgan fingerprint density at radius 3 is 2.67 bits per heavy atom. The lowest BCUT2D eigenvalue weighted by Gasteiger charge is -2.15. The second-order valence-electron chi connectivity index (χ2n) is 3.84. The number of nitrogens with one attached hydrogen (secondary N) is 1. The SMILES string of the molecule is CCC(CSC)NS(=O)(=O)c1ccc(CO)cn1. The number of rotatable bonds is 7. The van der Waals surface area contributed by atoms with Gasteiger partial charge in [0, 0.05) is 18.0 Å². The average molecular weight is 290 g/mol. The van der Waals surface area contributed by atoms with E-state index in [1.54, 1.807) is 17.8 Å². The van der Waals surface area contributed by atoms with E-state index in [0.29, 0.717) is 5.56 Å². The van der Waals surface area contributed by atoms with Crippen molar-refractivity contribution in [3.05, 3.63) is 23.9 Å². The van der Waals surface area contributed by atoms with Crippen LogP contribution in [0, 0.1) is 0 Å². The molecule has 102 valence electrons. The summed E-state index contributed by atoms with van der Waals surface area (Å²) >= 11 is 1.60. The average Bonchev–Trinajstić information content (AvgIpc) is 2.38. The molecule has 0 saturated carbocycles. The van der Waals surface area contributed by atoms with E-state index in [4.69, 9.17) is 5.11 Å². The Labute approximate surface area is 112 Å². The van der Waals surface area contributed by atoms with Crippen LogP contribution in [0.25, 0.3) is 0 Å². The minimum absolute atomic E-state index is 0.0146. The highest BCUT2D eigenvalue weighted by Gasteiger charge is 2.19. The Bertz CT molecular complexity index is 460. The number of sulfonamides is 1. The molecule has 1 aromatic heterocycles. The molecule has 0 amide bonds. The number of hydrogen-bond donors (Lipinski definition) is 2. The summed E-state index contributed by atoms with van der Waals surface area (Å²) in [6.45, 7) is 1.79. The first-order chi connectivity index (χ1) is 8.53. The maximum absolute atomic E-state index is 12.0. The lowest BCUT2D eigenvalue weighted by molar-refractivity contribution is 0.281. The van der Waals surface area contributed by atoms with Gasteiger partial charge >= 0.3 is 0 Å². The fourth-order valence-electron chi connectivity index (χ4n) is 1.38. The van der Waals surface area contributed by atoms with Crippen molar-refractivity contribution in [2.24, 2.45) is 0 Å². The van der Waals surface area contributed by atoms with Crippen LogP contribution in [0.3, 0.4) is 0 Å². The highest BCUT2D eigenvalue weighted by atomic mass is 32.2. The molecule has 0 saturated heterocycles. The van der Waals surface area contributed by atoms with Crippen molar-refractivity contribution in [3.8, 4) is 0 Å². The lowest BCUT2D eigenvalue weighted by atomic mass is 10.3. The Morgan fingerprint density at radius 1 is 1.50 bits per heavy atom. The molecular weight excluding hydrogens is 272 g/mol. The van der Waals surface area contributed by atoms with Gasteiger partial charge in [0.1, 0.15) is 0 Å². The largest absolute Gasteiger partial charge is 0.392 e. The van der Waals surface area contributed by atoms with Gasteiger partial charge in [0.2, 0.25) is 0 Å². The number of nitrogens with zero attached hydrogens (tertiary/aromatic N) is 1. The lowest BCUT2D eigenvalue weighted by Crippen LogP contribution is -2.36. The van der Waals surface area contributed by atoms with Gasteiger partial charge in [-0.1, -0.05) is 13.0 Å². The third-order valence-electron chi connectivity index (χ3n) is 2.44. The summed E-state index contributed by atoms with van der Waals surface area (Å²) in [6.07, 6.45) is 4.03. The van der Waals surface area contributed by atoms with E-state index < -0.39 is 10.0 Å². The minimum atomic E-state index is -3.57. The van der Waals surface area contributed by atoms with Crippen LogP contribution in [0.15, 0.2) is 23.4 Å². The second-order valence-corrected chi connectivity index (χ2v) is 6.42. The van der Waals surface area contributed by atoms with Crippen LogP contribution >= 0.6 is 11.8 Å². The maximum atomic E-state index is 12.0. The van der Waals surface area contributed by atoms with Gasteiger partial charge in [0.15, 0.2) is 5.03 Å². The monoisotopic (exact) mass is 290 g/mol. The summed E-state index contributed by atoms with van der Waals surface area (Å²) < 4.78 is 26.7. The third-order valence-corrected chi connectivity index (χ3v) is 4.61. The maximum Gasteiger partial charge on any atom is 0.258 e. The van der Waals surface area contributed by atoms with E-state index in [2.05, 4.69) is 9.71 Å². The van der Waals surface area contributed by atoms with Crippen molar-refractivity contribution in [3.63, 3.8) is 0 Å². The Morgan fingerprint density at radius 2 is 2.22 bits per heavy atom. The van der Waals surface area contributed by atoms with E-state index in [-0.39, 0.29) is 17.7 Å². The summed E-state index contributed by atoms with van der Waals surface area (Å²) in [5.41, 5.74) is 0.588. The summed E-state index contributed by atoms with van der Waals surface area (Å²) in [5.74, 6) is 0.727. The topological polar surface area (TPSA) is 79.3 Å². The van der Waals surface area contributed by atoms with Crippen molar-refractivity contribution in [2.75, 3.05) is 12.0 Å². The van der Waals surface area contributed by atoms with Crippen molar-refractivity contribution in [1.29, 1.82) is 0 Å². The number of hydrogen-bond acceptors (Lipinski definition) is 5. The zero-order valence-corrected chi connectivity index (χ0v) is 12.1. The molecule has 0 radical (unpaired) electrons. The van der Waals surface area contributed by atoms with E-state index in [1.807, 2.05) is 13.2 Å². The molecule has 1 rings (SSSR count). The zero-order valence-electron chi connectivity index (χ0n) is 10.5. The number of pyridine rings is 1. The van der Waals surface area contributed by atoms with E-state index >= 15 is 0 Å². The van der Waals surface area contributed by atoms with Crippen molar-refractivity contribution in [2.45, 2.75) is 31.0 Å². The normalized spacial score (nSPS) is 13.5. The Balaban J connectivity index is 2.84. The number of aliphatic hydroxyl groups is 1. The molecule has 1 heterocycles. The number of thioether (sulfide) groups is 1. The first-order valence-electron chi connectivity index (χ1n) is 5.60. The predicted molar refractivity (Wildman–Crippen MR) is 72.9 cm³/mol. The summed E-state index contributed by atoms with van der Waals surface area (Å²) in [6, 6.07) is 2.86. The highest BCUT2D eigenvalue weighted by Crippen LogP contribution is 2.10. The van der Waals surface area contributed by atoms with Crippen LogP contribution < -0.4 is 4.72 Å². The van der Waals surface area contributed by atoms with Crippen LogP contribution in [0.4, 0.5) is 0 Å². The van der Waals surface area contributed by atoms with Gasteiger partial charge in [-0.3, -0.25) is 0 Å². The molecule has 7 heteroatoms. The van der Waals surface area contributed by atoms with Gasteiger partial charge in [-0.2, -0.15) is 11.8 Å². The molecule has 0 spiro atoms. The van der Waals surface area contributed by atoms with Crippen LogP contribution in [-0.4, -0.2) is 36.6 Å². The molecule has 0 bridgehead atoms. The number of aromatic nitrogens is 1. The minimum Gasteiger partial charge on any atom is -0.392 e. The molecule has 1 aromatic rings. The summed E-state index contributed by atoms with van der Waals surface area (Å²) in [4.78, 5) is 3.85. The van der Waals surface area contributed by atoms with Gasteiger partial charge in [-0.25, -0.2) is 18.1 Å². The molecule has 0 aliphatic carbocycles. The van der Waals surface area contributed by atoms with Gasteiger partial charge in [0.25, 0.3) is 10.0 Å².